The van der Waals surface area contributed by atoms with Gasteiger partial charge in [0.2, 0.25) is 10.0 Å². The molecular formula is C13H14F3N3O2S. The second kappa shape index (κ2) is 6.24. The van der Waals surface area contributed by atoms with Crippen molar-refractivity contribution in [1.29, 1.82) is 5.26 Å². The lowest BCUT2D eigenvalue weighted by Crippen LogP contribution is -2.37. The lowest BCUT2D eigenvalue weighted by Gasteiger charge is -2.14. The third kappa shape index (κ3) is 3.76. The van der Waals surface area contributed by atoms with Crippen molar-refractivity contribution in [2.75, 3.05) is 13.1 Å². The second-order valence-electron chi connectivity index (χ2n) is 4.96. The molecule has 1 heterocycles. The fourth-order valence-electron chi connectivity index (χ4n) is 2.25. The van der Waals surface area contributed by atoms with Gasteiger partial charge in [0.15, 0.2) is 0 Å². The van der Waals surface area contributed by atoms with Crippen LogP contribution in [0, 0.1) is 11.3 Å². The molecule has 1 aromatic carbocycles. The Morgan fingerprint density at radius 2 is 2.14 bits per heavy atom. The van der Waals surface area contributed by atoms with Crippen molar-refractivity contribution in [2.45, 2.75) is 30.0 Å². The zero-order valence-corrected chi connectivity index (χ0v) is 12.3. The summed E-state index contributed by atoms with van der Waals surface area (Å²) in [5.74, 6) is 0. The van der Waals surface area contributed by atoms with Crippen molar-refractivity contribution in [3.63, 3.8) is 0 Å². The molecule has 0 aliphatic carbocycles. The smallest absolute Gasteiger partial charge is 0.313 e. The molecule has 0 saturated carbocycles. The van der Waals surface area contributed by atoms with Gasteiger partial charge in [0.25, 0.3) is 0 Å². The summed E-state index contributed by atoms with van der Waals surface area (Å²) in [5.41, 5.74) is -1.86. The highest BCUT2D eigenvalue weighted by molar-refractivity contribution is 7.89. The van der Waals surface area contributed by atoms with Crippen LogP contribution >= 0.6 is 0 Å². The molecule has 1 unspecified atom stereocenters. The summed E-state index contributed by atoms with van der Waals surface area (Å²) in [7, 11) is -4.05. The lowest BCUT2D eigenvalue weighted by atomic mass is 10.1. The Labute approximate surface area is 126 Å². The van der Waals surface area contributed by atoms with E-state index in [0.29, 0.717) is 6.07 Å². The molecule has 1 fully saturated rings. The molecule has 1 aromatic rings. The Hall–Kier alpha value is -1.63. The summed E-state index contributed by atoms with van der Waals surface area (Å²) in [5, 5.41) is 11.8. The highest BCUT2D eigenvalue weighted by Crippen LogP contribution is 2.33. The topological polar surface area (TPSA) is 82.0 Å². The zero-order chi connectivity index (χ0) is 16.4. The van der Waals surface area contributed by atoms with Crippen LogP contribution in [-0.2, 0) is 16.2 Å². The first kappa shape index (κ1) is 16.7. The Kier molecular flexibility index (Phi) is 4.75. The third-order valence-electron chi connectivity index (χ3n) is 3.41. The van der Waals surface area contributed by atoms with E-state index in [4.69, 9.17) is 5.26 Å². The van der Waals surface area contributed by atoms with Crippen LogP contribution in [0.25, 0.3) is 0 Å². The number of halogens is 3. The number of nitrogens with one attached hydrogen (secondary N) is 2. The molecule has 0 amide bonds. The molecule has 0 radical (unpaired) electrons. The number of nitrogens with zero attached hydrogens (tertiary/aromatic N) is 1. The van der Waals surface area contributed by atoms with Crippen LogP contribution in [0.3, 0.4) is 0 Å². The molecule has 1 aliphatic rings. The van der Waals surface area contributed by atoms with Crippen molar-refractivity contribution in [1.82, 2.24) is 10.0 Å². The van der Waals surface area contributed by atoms with Crippen LogP contribution in [0.2, 0.25) is 0 Å². The second-order valence-corrected chi connectivity index (χ2v) is 6.73. The highest BCUT2D eigenvalue weighted by atomic mass is 32.2. The van der Waals surface area contributed by atoms with Crippen LogP contribution in [0.4, 0.5) is 13.2 Å². The predicted octanol–water partition coefficient (Wildman–Crippen LogP) is 1.61. The Morgan fingerprint density at radius 1 is 1.41 bits per heavy atom. The lowest BCUT2D eigenvalue weighted by molar-refractivity contribution is -0.137. The third-order valence-corrected chi connectivity index (χ3v) is 4.83. The van der Waals surface area contributed by atoms with Crippen molar-refractivity contribution < 1.29 is 21.6 Å². The molecule has 22 heavy (non-hydrogen) atoms. The van der Waals surface area contributed by atoms with Gasteiger partial charge in [-0.05, 0) is 37.6 Å². The SMILES string of the molecule is N#Cc1ccc(S(=O)(=O)NCC2CCCN2)cc1C(F)(F)F. The van der Waals surface area contributed by atoms with Crippen molar-refractivity contribution in [3.8, 4) is 6.07 Å². The van der Waals surface area contributed by atoms with Crippen LogP contribution in [0.1, 0.15) is 24.0 Å². The normalized spacial score (nSPS) is 19.1. The highest BCUT2D eigenvalue weighted by Gasteiger charge is 2.35. The van der Waals surface area contributed by atoms with Gasteiger partial charge in [-0.3, -0.25) is 0 Å². The number of hydrogen-bond acceptors (Lipinski definition) is 4. The average molecular weight is 333 g/mol. The van der Waals surface area contributed by atoms with Crippen molar-refractivity contribution in [3.05, 3.63) is 29.3 Å². The van der Waals surface area contributed by atoms with Gasteiger partial charge >= 0.3 is 6.18 Å². The molecule has 9 heteroatoms. The molecule has 2 N–H and O–H groups in total. The quantitative estimate of drug-likeness (QED) is 0.877. The average Bonchev–Trinajstić information content (AvgIpc) is 2.97. The van der Waals surface area contributed by atoms with E-state index in [1.165, 1.54) is 6.07 Å². The van der Waals surface area contributed by atoms with E-state index in [0.717, 1.165) is 31.5 Å². The van der Waals surface area contributed by atoms with Crippen LogP contribution in [-0.4, -0.2) is 27.5 Å². The fourth-order valence-corrected chi connectivity index (χ4v) is 3.35. The Morgan fingerprint density at radius 3 is 2.68 bits per heavy atom. The zero-order valence-electron chi connectivity index (χ0n) is 11.4. The summed E-state index contributed by atoms with van der Waals surface area (Å²) < 4.78 is 65.0. The number of rotatable bonds is 4. The van der Waals surface area contributed by atoms with Gasteiger partial charge in [0.1, 0.15) is 0 Å². The summed E-state index contributed by atoms with van der Waals surface area (Å²) in [6, 6.07) is 3.75. The van der Waals surface area contributed by atoms with Gasteiger partial charge in [-0.1, -0.05) is 0 Å². The molecule has 1 saturated heterocycles. The van der Waals surface area contributed by atoms with E-state index in [2.05, 4.69) is 10.0 Å². The molecule has 2 rings (SSSR count). The summed E-state index contributed by atoms with van der Waals surface area (Å²) in [6.07, 6.45) is -3.05. The van der Waals surface area contributed by atoms with Gasteiger partial charge in [0, 0.05) is 12.6 Å². The summed E-state index contributed by atoms with van der Waals surface area (Å²) >= 11 is 0. The molecular weight excluding hydrogens is 319 g/mol. The molecule has 0 spiro atoms. The standard InChI is InChI=1S/C13H14F3N3O2S/c14-13(15,16)12-6-11(4-3-9(12)7-17)22(20,21)19-8-10-2-1-5-18-10/h3-4,6,10,18-19H,1-2,5,8H2. The summed E-state index contributed by atoms with van der Waals surface area (Å²) in [6.45, 7) is 0.908. The van der Waals surface area contributed by atoms with Gasteiger partial charge in [-0.15, -0.1) is 0 Å². The molecule has 0 aromatic heterocycles. The van der Waals surface area contributed by atoms with Gasteiger partial charge in [-0.2, -0.15) is 18.4 Å². The number of alkyl halides is 3. The maximum atomic E-state index is 12.9. The number of benzene rings is 1. The first-order valence-electron chi connectivity index (χ1n) is 6.58. The van der Waals surface area contributed by atoms with E-state index >= 15 is 0 Å². The monoisotopic (exact) mass is 333 g/mol. The molecule has 1 aliphatic heterocycles. The van der Waals surface area contributed by atoms with Crippen LogP contribution < -0.4 is 10.0 Å². The Bertz CT molecular complexity index is 689. The van der Waals surface area contributed by atoms with Crippen LogP contribution in [0.5, 0.6) is 0 Å². The summed E-state index contributed by atoms with van der Waals surface area (Å²) in [4.78, 5) is -0.503. The Balaban J connectivity index is 2.25. The van der Waals surface area contributed by atoms with Gasteiger partial charge in [0.05, 0.1) is 22.1 Å². The van der Waals surface area contributed by atoms with Gasteiger partial charge in [-0.25, -0.2) is 13.1 Å². The minimum Gasteiger partial charge on any atom is -0.313 e. The number of nitriles is 1. The van der Waals surface area contributed by atoms with Crippen LogP contribution in [0.15, 0.2) is 23.1 Å². The van der Waals surface area contributed by atoms with E-state index in [9.17, 15) is 21.6 Å². The van der Waals surface area contributed by atoms with E-state index in [1.54, 1.807) is 0 Å². The fraction of sp³-hybridized carbons (Fsp3) is 0.462. The van der Waals surface area contributed by atoms with Crippen molar-refractivity contribution >= 4 is 10.0 Å². The number of sulfonamides is 1. The van der Waals surface area contributed by atoms with E-state index in [-0.39, 0.29) is 12.6 Å². The number of hydrogen-bond donors (Lipinski definition) is 2. The largest absolute Gasteiger partial charge is 0.417 e. The minimum absolute atomic E-state index is 0.0183. The predicted molar refractivity (Wildman–Crippen MR) is 72.4 cm³/mol. The molecule has 1 atom stereocenters. The van der Waals surface area contributed by atoms with E-state index < -0.39 is 32.2 Å². The molecule has 5 nitrogen and oxygen atoms in total. The molecule has 0 bridgehead atoms. The first-order chi connectivity index (χ1) is 10.2. The van der Waals surface area contributed by atoms with E-state index in [1.807, 2.05) is 0 Å². The van der Waals surface area contributed by atoms with Gasteiger partial charge < -0.3 is 5.32 Å². The maximum absolute atomic E-state index is 12.9. The minimum atomic E-state index is -4.79. The first-order valence-corrected chi connectivity index (χ1v) is 8.07. The maximum Gasteiger partial charge on any atom is 0.417 e. The van der Waals surface area contributed by atoms with Crippen molar-refractivity contribution in [2.24, 2.45) is 0 Å². The molecule has 120 valence electrons.